The molecule has 1 N–H and O–H groups in total. The number of methoxy groups -OCH3 is 2. The fraction of sp³-hybridized carbons (Fsp3) is 0.474. The van der Waals surface area contributed by atoms with Gasteiger partial charge in [-0.1, -0.05) is 53.0 Å². The van der Waals surface area contributed by atoms with Crippen molar-refractivity contribution in [3.63, 3.8) is 0 Å². The van der Waals surface area contributed by atoms with Crippen LogP contribution in [0.25, 0.3) is 12.2 Å². The van der Waals surface area contributed by atoms with Crippen LogP contribution < -0.4 is 4.74 Å². The fourth-order valence-corrected chi connectivity index (χ4v) is 1.45. The summed E-state index contributed by atoms with van der Waals surface area (Å²) in [4.78, 5) is 0. The van der Waals surface area contributed by atoms with Gasteiger partial charge in [0.05, 0.1) is 7.11 Å². The van der Waals surface area contributed by atoms with Gasteiger partial charge in [-0.3, -0.25) is 0 Å². The third kappa shape index (κ3) is 9.24. The van der Waals surface area contributed by atoms with E-state index >= 15 is 0 Å². The largest absolute Gasteiger partial charge is 0.507 e. The van der Waals surface area contributed by atoms with Crippen molar-refractivity contribution < 1.29 is 14.6 Å². The van der Waals surface area contributed by atoms with Crippen LogP contribution in [0.4, 0.5) is 0 Å². The average Bonchev–Trinajstić information content (AvgIpc) is 2.54. The predicted molar refractivity (Wildman–Crippen MR) is 97.5 cm³/mol. The maximum atomic E-state index is 9.47. The molecule has 1 aromatic rings. The van der Waals surface area contributed by atoms with Crippen molar-refractivity contribution in [3.05, 3.63) is 36.4 Å². The summed E-state index contributed by atoms with van der Waals surface area (Å²) in [5, 5.41) is 9.47. The van der Waals surface area contributed by atoms with Gasteiger partial charge in [0.25, 0.3) is 0 Å². The molecule has 0 saturated heterocycles. The van der Waals surface area contributed by atoms with E-state index in [1.165, 1.54) is 6.42 Å². The number of aromatic hydroxyl groups is 1. The van der Waals surface area contributed by atoms with Crippen LogP contribution in [-0.4, -0.2) is 25.9 Å². The number of hydrogen-bond donors (Lipinski definition) is 1. The lowest BCUT2D eigenvalue weighted by Gasteiger charge is -2.07. The molecule has 1 aromatic carbocycles. The highest BCUT2D eigenvalue weighted by Crippen LogP contribution is 2.29. The van der Waals surface area contributed by atoms with Crippen molar-refractivity contribution in [1.29, 1.82) is 0 Å². The van der Waals surface area contributed by atoms with Gasteiger partial charge in [-0.15, -0.1) is 0 Å². The first-order chi connectivity index (χ1) is 10.5. The van der Waals surface area contributed by atoms with Gasteiger partial charge in [0.1, 0.15) is 11.5 Å². The molecular weight excluding hydrogens is 276 g/mol. The Morgan fingerprint density at radius 3 is 1.95 bits per heavy atom. The number of phenolic OH excluding ortho intramolecular Hbond substituents is 1. The molecular formula is C19H32O3. The Hall–Kier alpha value is -1.74. The topological polar surface area (TPSA) is 38.7 Å². The Labute approximate surface area is 136 Å². The lowest BCUT2D eigenvalue weighted by molar-refractivity contribution is 0.183. The van der Waals surface area contributed by atoms with Crippen molar-refractivity contribution in [1.82, 2.24) is 0 Å². The average molecular weight is 308 g/mol. The summed E-state index contributed by atoms with van der Waals surface area (Å²) in [5.41, 5.74) is 1.42. The van der Waals surface area contributed by atoms with E-state index in [0.29, 0.717) is 11.3 Å². The molecule has 0 radical (unpaired) electrons. The smallest absolute Gasteiger partial charge is 0.126 e. The van der Waals surface area contributed by atoms with Crippen molar-refractivity contribution in [3.8, 4) is 11.5 Å². The molecule has 0 aliphatic rings. The standard InChI is InChI=1S/C11H12O2.C6H14O.C2H6/c1-4-8-7-11(13-3)9(5-2)6-10(8)12;1-6(2)4-5-7-3;1-2/h4-7,12H,1-2H2,3H3;6H,4-5H2,1-3H3;1-2H3. The fourth-order valence-electron chi connectivity index (χ4n) is 1.45. The highest BCUT2D eigenvalue weighted by Gasteiger charge is 2.04. The van der Waals surface area contributed by atoms with Crippen LogP contribution in [0.3, 0.4) is 0 Å². The highest BCUT2D eigenvalue weighted by molar-refractivity contribution is 5.66. The second-order valence-corrected chi connectivity index (χ2v) is 4.74. The minimum absolute atomic E-state index is 0.186. The molecule has 0 aromatic heterocycles. The van der Waals surface area contributed by atoms with Crippen LogP contribution in [0.15, 0.2) is 25.3 Å². The number of benzene rings is 1. The van der Waals surface area contributed by atoms with Crippen LogP contribution in [0, 0.1) is 5.92 Å². The van der Waals surface area contributed by atoms with Gasteiger partial charge in [0.15, 0.2) is 0 Å². The van der Waals surface area contributed by atoms with Gasteiger partial charge in [0.2, 0.25) is 0 Å². The first-order valence-corrected chi connectivity index (χ1v) is 7.64. The third-order valence-electron chi connectivity index (χ3n) is 2.72. The summed E-state index contributed by atoms with van der Waals surface area (Å²) in [6, 6.07) is 3.32. The van der Waals surface area contributed by atoms with Gasteiger partial charge >= 0.3 is 0 Å². The maximum absolute atomic E-state index is 9.47. The Morgan fingerprint density at radius 2 is 1.64 bits per heavy atom. The first-order valence-electron chi connectivity index (χ1n) is 7.64. The molecule has 1 rings (SSSR count). The Balaban J connectivity index is 0. The second-order valence-electron chi connectivity index (χ2n) is 4.74. The molecule has 0 unspecified atom stereocenters. The molecule has 0 aliphatic carbocycles. The zero-order chi connectivity index (χ0) is 17.5. The summed E-state index contributed by atoms with van der Waals surface area (Å²) in [7, 11) is 3.31. The molecule has 0 heterocycles. The van der Waals surface area contributed by atoms with Crippen molar-refractivity contribution >= 4 is 12.2 Å². The normalized spacial score (nSPS) is 9.05. The molecule has 22 heavy (non-hydrogen) atoms. The predicted octanol–water partition coefficient (Wildman–Crippen LogP) is 5.39. The molecule has 0 spiro atoms. The number of ether oxygens (including phenoxy) is 2. The van der Waals surface area contributed by atoms with E-state index < -0.39 is 0 Å². The van der Waals surface area contributed by atoms with Crippen LogP contribution in [0.5, 0.6) is 11.5 Å². The molecule has 0 bridgehead atoms. The molecule has 0 fully saturated rings. The van der Waals surface area contributed by atoms with E-state index in [2.05, 4.69) is 27.0 Å². The summed E-state index contributed by atoms with van der Waals surface area (Å²) >= 11 is 0. The zero-order valence-electron chi connectivity index (χ0n) is 15.0. The summed E-state index contributed by atoms with van der Waals surface area (Å²) in [5.74, 6) is 1.65. The van der Waals surface area contributed by atoms with E-state index in [1.807, 2.05) is 13.8 Å². The van der Waals surface area contributed by atoms with E-state index in [4.69, 9.17) is 9.47 Å². The monoisotopic (exact) mass is 308 g/mol. The van der Waals surface area contributed by atoms with Gasteiger partial charge in [-0.05, 0) is 24.5 Å². The van der Waals surface area contributed by atoms with Gasteiger partial charge in [-0.25, -0.2) is 0 Å². The minimum atomic E-state index is 0.186. The lowest BCUT2D eigenvalue weighted by atomic mass is 10.1. The molecule has 0 aliphatic heterocycles. The van der Waals surface area contributed by atoms with Crippen LogP contribution in [0.1, 0.15) is 45.2 Å². The number of hydrogen-bond acceptors (Lipinski definition) is 3. The van der Waals surface area contributed by atoms with Crippen LogP contribution >= 0.6 is 0 Å². The molecule has 0 saturated carbocycles. The van der Waals surface area contributed by atoms with Crippen molar-refractivity contribution in [2.24, 2.45) is 5.92 Å². The van der Waals surface area contributed by atoms with E-state index in [-0.39, 0.29) is 5.75 Å². The van der Waals surface area contributed by atoms with Crippen LogP contribution in [0.2, 0.25) is 0 Å². The van der Waals surface area contributed by atoms with E-state index in [9.17, 15) is 5.11 Å². The Morgan fingerprint density at radius 1 is 1.09 bits per heavy atom. The lowest BCUT2D eigenvalue weighted by Crippen LogP contribution is -1.93. The van der Waals surface area contributed by atoms with E-state index in [1.54, 1.807) is 38.5 Å². The highest BCUT2D eigenvalue weighted by atomic mass is 16.5. The van der Waals surface area contributed by atoms with Crippen LogP contribution in [-0.2, 0) is 4.74 Å². The Kier molecular flexibility index (Phi) is 14.6. The molecule has 0 atom stereocenters. The molecule has 3 nitrogen and oxygen atoms in total. The molecule has 3 heteroatoms. The van der Waals surface area contributed by atoms with Crippen molar-refractivity contribution in [2.75, 3.05) is 20.8 Å². The van der Waals surface area contributed by atoms with Crippen molar-refractivity contribution in [2.45, 2.75) is 34.1 Å². The SMILES string of the molecule is C=Cc1cc(OC)c(C=C)cc1O.CC.COCCC(C)C. The van der Waals surface area contributed by atoms with E-state index in [0.717, 1.165) is 18.1 Å². The maximum Gasteiger partial charge on any atom is 0.126 e. The summed E-state index contributed by atoms with van der Waals surface area (Å²) in [6.45, 7) is 16.5. The third-order valence-corrected chi connectivity index (χ3v) is 2.72. The van der Waals surface area contributed by atoms with Gasteiger partial charge in [-0.2, -0.15) is 0 Å². The van der Waals surface area contributed by atoms with Gasteiger partial charge in [0, 0.05) is 24.8 Å². The minimum Gasteiger partial charge on any atom is -0.507 e. The second kappa shape index (κ2) is 14.2. The number of phenols is 1. The number of rotatable bonds is 6. The first kappa shape index (κ1) is 22.5. The van der Waals surface area contributed by atoms with Gasteiger partial charge < -0.3 is 14.6 Å². The Bertz CT molecular complexity index is 423. The summed E-state index contributed by atoms with van der Waals surface area (Å²) in [6.07, 6.45) is 4.38. The summed E-state index contributed by atoms with van der Waals surface area (Å²) < 4.78 is 9.96. The zero-order valence-corrected chi connectivity index (χ0v) is 15.0. The molecule has 126 valence electrons. The molecule has 0 amide bonds. The quantitative estimate of drug-likeness (QED) is 0.765.